The minimum absolute atomic E-state index is 0.0638. The number of nitrogen functional groups attached to an aromatic ring is 1. The van der Waals surface area contributed by atoms with E-state index in [0.717, 1.165) is 5.56 Å². The Morgan fingerprint density at radius 1 is 1.40 bits per heavy atom. The second kappa shape index (κ2) is 7.96. The maximum absolute atomic E-state index is 11.7. The summed E-state index contributed by atoms with van der Waals surface area (Å²) in [6.07, 6.45) is 4.37. The third-order valence-corrected chi connectivity index (χ3v) is 2.62. The van der Waals surface area contributed by atoms with Crippen LogP contribution in [0.3, 0.4) is 0 Å². The molecule has 0 atom stereocenters. The monoisotopic (exact) mass is 277 g/mol. The van der Waals surface area contributed by atoms with E-state index in [9.17, 15) is 9.59 Å². The van der Waals surface area contributed by atoms with E-state index in [1.807, 2.05) is 12.2 Å². The highest BCUT2D eigenvalue weighted by Crippen LogP contribution is 2.19. The first-order chi connectivity index (χ1) is 9.58. The highest BCUT2D eigenvalue weighted by atomic mass is 16.5. The fraction of sp³-hybridized carbons (Fsp3) is 0.286. The van der Waals surface area contributed by atoms with E-state index in [0.29, 0.717) is 24.3 Å². The molecular weight excluding hydrogens is 258 g/mol. The SMILES string of the molecule is COc1ccc(C=CCCNC(C)=O)c(C(=O)NN)c1. The minimum atomic E-state index is -0.384. The van der Waals surface area contributed by atoms with Gasteiger partial charge in [0.25, 0.3) is 5.91 Å². The van der Waals surface area contributed by atoms with Gasteiger partial charge in [-0.2, -0.15) is 0 Å². The normalized spacial score (nSPS) is 10.3. The van der Waals surface area contributed by atoms with Crippen molar-refractivity contribution in [2.75, 3.05) is 13.7 Å². The van der Waals surface area contributed by atoms with Crippen molar-refractivity contribution >= 4 is 17.9 Å². The molecule has 0 radical (unpaired) electrons. The molecule has 0 heterocycles. The van der Waals surface area contributed by atoms with Crippen LogP contribution in [0, 0.1) is 0 Å². The van der Waals surface area contributed by atoms with Gasteiger partial charge in [-0.05, 0) is 24.1 Å². The van der Waals surface area contributed by atoms with Crippen LogP contribution in [0.1, 0.15) is 29.3 Å². The number of hydrazine groups is 1. The second-order valence-corrected chi connectivity index (χ2v) is 4.10. The van der Waals surface area contributed by atoms with Crippen LogP contribution in [0.4, 0.5) is 0 Å². The summed E-state index contributed by atoms with van der Waals surface area (Å²) in [5, 5.41) is 2.69. The number of methoxy groups -OCH3 is 1. The number of amides is 2. The summed E-state index contributed by atoms with van der Waals surface area (Å²) in [5.74, 6) is 5.30. The van der Waals surface area contributed by atoms with E-state index in [4.69, 9.17) is 10.6 Å². The van der Waals surface area contributed by atoms with E-state index < -0.39 is 0 Å². The van der Waals surface area contributed by atoms with Crippen LogP contribution < -0.4 is 21.3 Å². The molecule has 4 N–H and O–H groups in total. The van der Waals surface area contributed by atoms with Crippen LogP contribution in [-0.2, 0) is 4.79 Å². The molecule has 0 aliphatic rings. The van der Waals surface area contributed by atoms with Crippen LogP contribution in [-0.4, -0.2) is 25.5 Å². The van der Waals surface area contributed by atoms with Gasteiger partial charge in [-0.1, -0.05) is 18.2 Å². The molecule has 0 bridgehead atoms. The summed E-state index contributed by atoms with van der Waals surface area (Å²) in [7, 11) is 1.53. The fourth-order valence-corrected chi connectivity index (χ4v) is 1.62. The van der Waals surface area contributed by atoms with E-state index in [2.05, 4.69) is 10.7 Å². The summed E-state index contributed by atoms with van der Waals surface area (Å²) >= 11 is 0. The molecule has 0 aliphatic carbocycles. The maximum atomic E-state index is 11.7. The van der Waals surface area contributed by atoms with Crippen LogP contribution in [0.25, 0.3) is 6.08 Å². The first-order valence-corrected chi connectivity index (χ1v) is 6.18. The first kappa shape index (κ1) is 15.7. The van der Waals surface area contributed by atoms with Crippen molar-refractivity contribution in [2.24, 2.45) is 5.84 Å². The van der Waals surface area contributed by atoms with Crippen molar-refractivity contribution in [1.29, 1.82) is 0 Å². The molecule has 0 aromatic heterocycles. The van der Waals surface area contributed by atoms with Crippen molar-refractivity contribution in [3.63, 3.8) is 0 Å². The van der Waals surface area contributed by atoms with E-state index >= 15 is 0 Å². The Hall–Kier alpha value is -2.34. The highest BCUT2D eigenvalue weighted by molar-refractivity contribution is 5.97. The maximum Gasteiger partial charge on any atom is 0.265 e. The van der Waals surface area contributed by atoms with Gasteiger partial charge in [-0.15, -0.1) is 0 Å². The molecule has 0 fully saturated rings. The van der Waals surface area contributed by atoms with Crippen LogP contribution in [0.15, 0.2) is 24.3 Å². The zero-order valence-corrected chi connectivity index (χ0v) is 11.6. The lowest BCUT2D eigenvalue weighted by atomic mass is 10.1. The zero-order chi connectivity index (χ0) is 15.0. The Morgan fingerprint density at radius 3 is 2.75 bits per heavy atom. The summed E-state index contributed by atoms with van der Waals surface area (Å²) in [6, 6.07) is 5.16. The third-order valence-electron chi connectivity index (χ3n) is 2.62. The Balaban J connectivity index is 2.80. The molecular formula is C14H19N3O3. The fourth-order valence-electron chi connectivity index (χ4n) is 1.62. The molecule has 108 valence electrons. The van der Waals surface area contributed by atoms with Crippen molar-refractivity contribution in [3.8, 4) is 5.75 Å². The van der Waals surface area contributed by atoms with Crippen molar-refractivity contribution in [3.05, 3.63) is 35.4 Å². The standard InChI is InChI=1S/C14H19N3O3/c1-10(18)16-8-4-3-5-11-6-7-12(20-2)9-13(11)14(19)17-15/h3,5-7,9H,4,8,15H2,1-2H3,(H,16,18)(H,17,19). The van der Waals surface area contributed by atoms with Gasteiger partial charge in [0, 0.05) is 13.5 Å². The molecule has 1 aromatic carbocycles. The smallest absolute Gasteiger partial charge is 0.265 e. The van der Waals surface area contributed by atoms with Gasteiger partial charge in [0.05, 0.1) is 12.7 Å². The number of nitrogens with two attached hydrogens (primary N) is 1. The first-order valence-electron chi connectivity index (χ1n) is 6.18. The molecule has 1 rings (SSSR count). The van der Waals surface area contributed by atoms with E-state index in [-0.39, 0.29) is 11.8 Å². The van der Waals surface area contributed by atoms with Gasteiger partial charge >= 0.3 is 0 Å². The molecule has 6 heteroatoms. The number of carbonyl (C=O) groups excluding carboxylic acids is 2. The molecule has 0 unspecified atom stereocenters. The Kier molecular flexibility index (Phi) is 6.25. The topological polar surface area (TPSA) is 93.4 Å². The van der Waals surface area contributed by atoms with Crippen LogP contribution in [0.5, 0.6) is 5.75 Å². The van der Waals surface area contributed by atoms with E-state index in [1.165, 1.54) is 14.0 Å². The zero-order valence-electron chi connectivity index (χ0n) is 11.6. The number of benzene rings is 1. The van der Waals surface area contributed by atoms with Crippen molar-refractivity contribution in [2.45, 2.75) is 13.3 Å². The lowest BCUT2D eigenvalue weighted by Crippen LogP contribution is -2.30. The highest BCUT2D eigenvalue weighted by Gasteiger charge is 2.09. The predicted octanol–water partition coefficient (Wildman–Crippen LogP) is 0.838. The molecule has 20 heavy (non-hydrogen) atoms. The number of nitrogens with one attached hydrogen (secondary N) is 2. The van der Waals surface area contributed by atoms with Crippen LogP contribution >= 0.6 is 0 Å². The lowest BCUT2D eigenvalue weighted by molar-refractivity contribution is -0.118. The number of carbonyl (C=O) groups is 2. The number of hydrogen-bond donors (Lipinski definition) is 3. The summed E-state index contributed by atoms with van der Waals surface area (Å²) < 4.78 is 5.08. The summed E-state index contributed by atoms with van der Waals surface area (Å²) in [6.45, 7) is 2.03. The average molecular weight is 277 g/mol. The van der Waals surface area contributed by atoms with Gasteiger partial charge in [0.15, 0.2) is 0 Å². The molecule has 2 amide bonds. The van der Waals surface area contributed by atoms with Gasteiger partial charge < -0.3 is 10.1 Å². The summed E-state index contributed by atoms with van der Waals surface area (Å²) in [4.78, 5) is 22.4. The molecule has 6 nitrogen and oxygen atoms in total. The van der Waals surface area contributed by atoms with Gasteiger partial charge in [0.2, 0.25) is 5.91 Å². The molecule has 0 aliphatic heterocycles. The van der Waals surface area contributed by atoms with Gasteiger partial charge in [-0.25, -0.2) is 5.84 Å². The third kappa shape index (κ3) is 4.74. The van der Waals surface area contributed by atoms with Crippen LogP contribution in [0.2, 0.25) is 0 Å². The van der Waals surface area contributed by atoms with Gasteiger partial charge in [0.1, 0.15) is 5.75 Å². The number of ether oxygens (including phenoxy) is 1. The number of rotatable bonds is 6. The van der Waals surface area contributed by atoms with Crippen molar-refractivity contribution in [1.82, 2.24) is 10.7 Å². The largest absolute Gasteiger partial charge is 0.497 e. The Bertz CT molecular complexity index is 512. The molecule has 0 saturated carbocycles. The molecule has 0 spiro atoms. The predicted molar refractivity (Wildman–Crippen MR) is 77.0 cm³/mol. The molecule has 1 aromatic rings. The quantitative estimate of drug-likeness (QED) is 0.311. The van der Waals surface area contributed by atoms with Crippen molar-refractivity contribution < 1.29 is 14.3 Å². The van der Waals surface area contributed by atoms with Gasteiger partial charge in [-0.3, -0.25) is 15.0 Å². The Morgan fingerprint density at radius 2 is 2.15 bits per heavy atom. The lowest BCUT2D eigenvalue weighted by Gasteiger charge is -2.07. The Labute approximate surface area is 118 Å². The average Bonchev–Trinajstić information content (AvgIpc) is 2.45. The second-order valence-electron chi connectivity index (χ2n) is 4.10. The van der Waals surface area contributed by atoms with E-state index in [1.54, 1.807) is 18.2 Å². The number of hydrogen-bond acceptors (Lipinski definition) is 4. The summed E-state index contributed by atoms with van der Waals surface area (Å²) in [5.41, 5.74) is 3.27. The minimum Gasteiger partial charge on any atom is -0.497 e. The molecule has 0 saturated heterocycles.